The van der Waals surface area contributed by atoms with Crippen LogP contribution in [-0.4, -0.2) is 42.1 Å². The van der Waals surface area contributed by atoms with Crippen LogP contribution in [0.4, 0.5) is 5.69 Å². The second-order valence-corrected chi connectivity index (χ2v) is 5.51. The van der Waals surface area contributed by atoms with Gasteiger partial charge >= 0.3 is 0 Å². The van der Waals surface area contributed by atoms with Gasteiger partial charge in [0.15, 0.2) is 0 Å². The third-order valence-electron chi connectivity index (χ3n) is 4.23. The largest absolute Gasteiger partial charge is 0.369 e. The van der Waals surface area contributed by atoms with Crippen LogP contribution in [0.15, 0.2) is 18.3 Å². The minimum Gasteiger partial charge on any atom is -0.369 e. The maximum Gasteiger partial charge on any atom is 0.129 e. The van der Waals surface area contributed by atoms with Gasteiger partial charge in [-0.15, -0.1) is 0 Å². The summed E-state index contributed by atoms with van der Waals surface area (Å²) >= 11 is 5.83. The minimum atomic E-state index is 0.571. The van der Waals surface area contributed by atoms with E-state index in [1.54, 1.807) is 0 Å². The molecule has 1 aromatic rings. The van der Waals surface area contributed by atoms with Gasteiger partial charge in [0.2, 0.25) is 0 Å². The Bertz CT molecular complexity index is 392. The van der Waals surface area contributed by atoms with E-state index in [1.807, 2.05) is 12.3 Å². The van der Waals surface area contributed by atoms with Gasteiger partial charge in [0.25, 0.3) is 0 Å². The Morgan fingerprint density at radius 1 is 1.24 bits per heavy atom. The zero-order valence-corrected chi connectivity index (χ0v) is 10.9. The molecule has 2 aliphatic rings. The van der Waals surface area contributed by atoms with Crippen molar-refractivity contribution in [3.05, 3.63) is 23.5 Å². The van der Waals surface area contributed by atoms with Crippen molar-refractivity contribution >= 4 is 17.3 Å². The molecule has 17 heavy (non-hydrogen) atoms. The fourth-order valence-corrected chi connectivity index (χ4v) is 3.21. The number of aromatic nitrogens is 1. The van der Waals surface area contributed by atoms with Gasteiger partial charge in [-0.3, -0.25) is 4.90 Å². The number of hydrogen-bond acceptors (Lipinski definition) is 3. The highest BCUT2D eigenvalue weighted by atomic mass is 35.5. The molecule has 4 heteroatoms. The molecule has 0 aromatic carbocycles. The summed E-state index contributed by atoms with van der Waals surface area (Å²) < 4.78 is 0. The van der Waals surface area contributed by atoms with E-state index in [-0.39, 0.29) is 0 Å². The van der Waals surface area contributed by atoms with Crippen molar-refractivity contribution in [1.82, 2.24) is 9.88 Å². The standard InChI is InChI=1S/C13H18ClN3/c1-16-10-2-3-12(16)9-17(7-6-10)11-4-5-13(14)15-8-11/h4-5,8,10,12H,2-3,6-7,9H2,1H3. The lowest BCUT2D eigenvalue weighted by Gasteiger charge is -2.27. The third-order valence-corrected chi connectivity index (χ3v) is 4.45. The molecule has 3 nitrogen and oxygen atoms in total. The number of likely N-dealkylation sites (N-methyl/N-ethyl adjacent to an activating group) is 1. The van der Waals surface area contributed by atoms with Crippen LogP contribution in [0.1, 0.15) is 19.3 Å². The number of hydrogen-bond donors (Lipinski definition) is 0. The fraction of sp³-hybridized carbons (Fsp3) is 0.615. The zero-order chi connectivity index (χ0) is 11.8. The van der Waals surface area contributed by atoms with Crippen LogP contribution in [0.25, 0.3) is 0 Å². The first-order valence-electron chi connectivity index (χ1n) is 6.32. The van der Waals surface area contributed by atoms with Crippen LogP contribution < -0.4 is 4.90 Å². The van der Waals surface area contributed by atoms with Gasteiger partial charge in [-0.05, 0) is 38.4 Å². The molecule has 0 N–H and O–H groups in total. The highest BCUT2D eigenvalue weighted by Gasteiger charge is 2.34. The van der Waals surface area contributed by atoms with Crippen molar-refractivity contribution in [1.29, 1.82) is 0 Å². The Morgan fingerprint density at radius 2 is 2.06 bits per heavy atom. The Hall–Kier alpha value is -0.800. The summed E-state index contributed by atoms with van der Waals surface area (Å²) in [5, 5.41) is 0.571. The summed E-state index contributed by atoms with van der Waals surface area (Å²) in [6.45, 7) is 2.26. The predicted molar refractivity (Wildman–Crippen MR) is 70.7 cm³/mol. The number of halogens is 1. The lowest BCUT2D eigenvalue weighted by molar-refractivity contribution is 0.254. The molecule has 3 rings (SSSR count). The van der Waals surface area contributed by atoms with Crippen LogP contribution in [-0.2, 0) is 0 Å². The van der Waals surface area contributed by atoms with Crippen molar-refractivity contribution in [3.8, 4) is 0 Å². The molecule has 0 spiro atoms. The monoisotopic (exact) mass is 251 g/mol. The van der Waals surface area contributed by atoms with Gasteiger partial charge in [-0.2, -0.15) is 0 Å². The van der Waals surface area contributed by atoms with Crippen LogP contribution in [0.5, 0.6) is 0 Å². The Kier molecular flexibility index (Phi) is 2.97. The highest BCUT2D eigenvalue weighted by molar-refractivity contribution is 6.29. The average Bonchev–Trinajstić information content (AvgIpc) is 2.55. The Balaban J connectivity index is 1.79. The van der Waals surface area contributed by atoms with Crippen molar-refractivity contribution in [2.75, 3.05) is 25.0 Å². The van der Waals surface area contributed by atoms with E-state index in [1.165, 1.54) is 24.9 Å². The summed E-state index contributed by atoms with van der Waals surface area (Å²) in [4.78, 5) is 9.18. The molecule has 92 valence electrons. The molecule has 0 saturated carbocycles. The summed E-state index contributed by atoms with van der Waals surface area (Å²) in [5.74, 6) is 0. The quantitative estimate of drug-likeness (QED) is 0.715. The molecule has 1 aromatic heterocycles. The topological polar surface area (TPSA) is 19.4 Å². The lowest BCUT2D eigenvalue weighted by Crippen LogP contribution is -2.36. The zero-order valence-electron chi connectivity index (χ0n) is 10.1. The summed E-state index contributed by atoms with van der Waals surface area (Å²) in [6, 6.07) is 5.45. The maximum atomic E-state index is 5.83. The van der Waals surface area contributed by atoms with E-state index in [4.69, 9.17) is 11.6 Å². The van der Waals surface area contributed by atoms with E-state index in [0.29, 0.717) is 11.2 Å². The number of rotatable bonds is 1. The Morgan fingerprint density at radius 3 is 2.82 bits per heavy atom. The van der Waals surface area contributed by atoms with Crippen LogP contribution in [0.2, 0.25) is 5.15 Å². The molecule has 2 bridgehead atoms. The van der Waals surface area contributed by atoms with Crippen LogP contribution >= 0.6 is 11.6 Å². The van der Waals surface area contributed by atoms with Gasteiger partial charge < -0.3 is 4.90 Å². The van der Waals surface area contributed by atoms with Crippen LogP contribution in [0, 0.1) is 0 Å². The number of nitrogens with zero attached hydrogens (tertiary/aromatic N) is 3. The van der Waals surface area contributed by atoms with E-state index in [9.17, 15) is 0 Å². The second-order valence-electron chi connectivity index (χ2n) is 5.12. The average molecular weight is 252 g/mol. The number of fused-ring (bicyclic) bond motifs is 2. The fourth-order valence-electron chi connectivity index (χ4n) is 3.10. The molecule has 0 amide bonds. The second kappa shape index (κ2) is 4.46. The van der Waals surface area contributed by atoms with Gasteiger partial charge in [0, 0.05) is 25.2 Å². The first-order chi connectivity index (χ1) is 8.24. The summed E-state index contributed by atoms with van der Waals surface area (Å²) in [6.07, 6.45) is 5.85. The smallest absolute Gasteiger partial charge is 0.129 e. The van der Waals surface area contributed by atoms with Crippen molar-refractivity contribution in [3.63, 3.8) is 0 Å². The maximum absolute atomic E-state index is 5.83. The molecule has 3 heterocycles. The number of pyridine rings is 1. The minimum absolute atomic E-state index is 0.571. The van der Waals surface area contributed by atoms with Gasteiger partial charge in [0.1, 0.15) is 5.15 Å². The normalized spacial score (nSPS) is 29.4. The molecule has 2 fully saturated rings. The van der Waals surface area contributed by atoms with Gasteiger partial charge in [0.05, 0.1) is 11.9 Å². The van der Waals surface area contributed by atoms with Gasteiger partial charge in [-0.1, -0.05) is 11.6 Å². The summed E-state index contributed by atoms with van der Waals surface area (Å²) in [5.41, 5.74) is 1.20. The molecule has 2 saturated heterocycles. The molecule has 2 atom stereocenters. The molecule has 0 radical (unpaired) electrons. The van der Waals surface area contributed by atoms with E-state index >= 15 is 0 Å². The lowest BCUT2D eigenvalue weighted by atomic mass is 10.1. The number of anilines is 1. The van der Waals surface area contributed by atoms with Crippen LogP contribution in [0.3, 0.4) is 0 Å². The van der Waals surface area contributed by atoms with E-state index in [0.717, 1.165) is 19.1 Å². The summed E-state index contributed by atoms with van der Waals surface area (Å²) in [7, 11) is 2.27. The SMILES string of the molecule is CN1C2CCC1CN(c1ccc(Cl)nc1)CC2. The highest BCUT2D eigenvalue weighted by Crippen LogP contribution is 2.30. The van der Waals surface area contributed by atoms with Crippen molar-refractivity contribution in [2.24, 2.45) is 0 Å². The van der Waals surface area contributed by atoms with E-state index in [2.05, 4.69) is 27.9 Å². The van der Waals surface area contributed by atoms with Crippen molar-refractivity contribution in [2.45, 2.75) is 31.3 Å². The Labute approximate surface area is 107 Å². The third kappa shape index (κ3) is 2.14. The molecule has 2 unspecified atom stereocenters. The predicted octanol–water partition coefficient (Wildman–Crippen LogP) is 2.41. The van der Waals surface area contributed by atoms with Gasteiger partial charge in [-0.25, -0.2) is 4.98 Å². The molecule has 2 aliphatic heterocycles. The molecular weight excluding hydrogens is 234 g/mol. The molecular formula is C13H18ClN3. The first kappa shape index (κ1) is 11.3. The van der Waals surface area contributed by atoms with E-state index < -0.39 is 0 Å². The first-order valence-corrected chi connectivity index (χ1v) is 6.70. The van der Waals surface area contributed by atoms with Crippen molar-refractivity contribution < 1.29 is 0 Å². The molecule has 0 aliphatic carbocycles.